The molecule has 0 unspecified atom stereocenters. The number of terminal acetylenes is 1. The van der Waals surface area contributed by atoms with Crippen molar-refractivity contribution < 1.29 is 24.1 Å². The second-order valence-corrected chi connectivity index (χ2v) is 7.20. The number of rotatable bonds is 7. The zero-order chi connectivity index (χ0) is 20.6. The molecule has 1 N–H and O–H groups in total. The third kappa shape index (κ3) is 5.18. The van der Waals surface area contributed by atoms with Gasteiger partial charge in [0, 0.05) is 43.7 Å². The van der Waals surface area contributed by atoms with Crippen LogP contribution in [0, 0.1) is 18.3 Å². The van der Waals surface area contributed by atoms with Crippen molar-refractivity contribution >= 4 is 5.91 Å². The standard InChI is InChI=1S/C23H29NO5/c1-3-17-7-9-18(10-8-17)20-16-21(22(26)24-11-14-27-15-12-24)29-23(28-4-2)19(20)6-5-13-25/h1,7-10,16,19-20,23,25H,4-6,11-15H2,2H3/t19-,20-,23-/m0/s1. The number of allylic oxidation sites excluding steroid dienone is 1. The highest BCUT2D eigenvalue weighted by Gasteiger charge is 2.38. The highest BCUT2D eigenvalue weighted by molar-refractivity contribution is 5.92. The molecule has 0 saturated carbocycles. The van der Waals surface area contributed by atoms with E-state index in [2.05, 4.69) is 5.92 Å². The topological polar surface area (TPSA) is 68.2 Å². The van der Waals surface area contributed by atoms with Crippen LogP contribution in [0.15, 0.2) is 36.1 Å². The predicted octanol–water partition coefficient (Wildman–Crippen LogP) is 2.28. The SMILES string of the molecule is C#Cc1ccc([C@@H]2C=C(C(=O)N3CCOCC3)O[C@H](OCC)[C@H]2CCCO)cc1. The third-order valence-corrected chi connectivity index (χ3v) is 5.38. The molecule has 3 rings (SSSR count). The number of hydrogen-bond acceptors (Lipinski definition) is 5. The summed E-state index contributed by atoms with van der Waals surface area (Å²) in [5, 5.41) is 9.36. The summed E-state index contributed by atoms with van der Waals surface area (Å²) in [5.74, 6) is 2.73. The Morgan fingerprint density at radius 3 is 2.66 bits per heavy atom. The van der Waals surface area contributed by atoms with E-state index in [1.807, 2.05) is 37.3 Å². The highest BCUT2D eigenvalue weighted by atomic mass is 16.7. The van der Waals surface area contributed by atoms with Gasteiger partial charge >= 0.3 is 0 Å². The third-order valence-electron chi connectivity index (χ3n) is 5.38. The van der Waals surface area contributed by atoms with Crippen molar-refractivity contribution in [3.05, 3.63) is 47.2 Å². The average Bonchev–Trinajstić information content (AvgIpc) is 2.78. The van der Waals surface area contributed by atoms with Crippen LogP contribution in [0.5, 0.6) is 0 Å². The maximum atomic E-state index is 13.1. The van der Waals surface area contributed by atoms with Crippen LogP contribution < -0.4 is 0 Å². The Morgan fingerprint density at radius 1 is 1.31 bits per heavy atom. The van der Waals surface area contributed by atoms with Crippen LogP contribution in [0.1, 0.15) is 36.8 Å². The number of aliphatic hydroxyl groups is 1. The Morgan fingerprint density at radius 2 is 2.03 bits per heavy atom. The van der Waals surface area contributed by atoms with E-state index >= 15 is 0 Å². The summed E-state index contributed by atoms with van der Waals surface area (Å²) in [4.78, 5) is 14.8. The van der Waals surface area contributed by atoms with Gasteiger partial charge in [0.05, 0.1) is 13.2 Å². The Hall–Kier alpha value is -2.33. The molecule has 0 bridgehead atoms. The minimum atomic E-state index is -0.547. The molecule has 2 heterocycles. The molecule has 1 saturated heterocycles. The van der Waals surface area contributed by atoms with E-state index < -0.39 is 6.29 Å². The summed E-state index contributed by atoms with van der Waals surface area (Å²) in [5.41, 5.74) is 1.86. The Labute approximate surface area is 172 Å². The minimum absolute atomic E-state index is 0.0139. The van der Waals surface area contributed by atoms with Gasteiger partial charge in [-0.1, -0.05) is 18.1 Å². The molecular formula is C23H29NO5. The number of nitrogens with zero attached hydrogens (tertiary/aromatic N) is 1. The average molecular weight is 399 g/mol. The van der Waals surface area contributed by atoms with E-state index in [4.69, 9.17) is 20.6 Å². The lowest BCUT2D eigenvalue weighted by Gasteiger charge is -2.38. The summed E-state index contributed by atoms with van der Waals surface area (Å²) >= 11 is 0. The molecule has 1 fully saturated rings. The van der Waals surface area contributed by atoms with Crippen LogP contribution >= 0.6 is 0 Å². The van der Waals surface area contributed by atoms with Gasteiger partial charge in [-0.2, -0.15) is 0 Å². The molecule has 2 aliphatic heterocycles. The maximum Gasteiger partial charge on any atom is 0.288 e. The lowest BCUT2D eigenvalue weighted by molar-refractivity contribution is -0.171. The van der Waals surface area contributed by atoms with Crippen LogP contribution in [0.3, 0.4) is 0 Å². The smallest absolute Gasteiger partial charge is 0.288 e. The molecule has 0 spiro atoms. The first-order valence-electron chi connectivity index (χ1n) is 10.2. The van der Waals surface area contributed by atoms with Gasteiger partial charge in [0.1, 0.15) is 0 Å². The molecule has 3 atom stereocenters. The summed E-state index contributed by atoms with van der Waals surface area (Å²) in [6.45, 7) is 4.64. The minimum Gasteiger partial charge on any atom is -0.459 e. The normalized spacial score (nSPS) is 24.4. The molecule has 156 valence electrons. The van der Waals surface area contributed by atoms with Crippen LogP contribution in [-0.2, 0) is 19.0 Å². The molecule has 0 aliphatic carbocycles. The molecular weight excluding hydrogens is 370 g/mol. The number of benzene rings is 1. The van der Waals surface area contributed by atoms with Crippen LogP contribution in [0.4, 0.5) is 0 Å². The lowest BCUT2D eigenvalue weighted by atomic mass is 9.80. The molecule has 29 heavy (non-hydrogen) atoms. The molecule has 6 nitrogen and oxygen atoms in total. The van der Waals surface area contributed by atoms with E-state index in [9.17, 15) is 9.90 Å². The number of carbonyl (C=O) groups is 1. The predicted molar refractivity (Wildman–Crippen MR) is 109 cm³/mol. The number of hydrogen-bond donors (Lipinski definition) is 1. The van der Waals surface area contributed by atoms with Crippen LogP contribution in [0.2, 0.25) is 0 Å². The quantitative estimate of drug-likeness (QED) is 0.713. The van der Waals surface area contributed by atoms with Gasteiger partial charge in [-0.25, -0.2) is 0 Å². The van der Waals surface area contributed by atoms with Crippen molar-refractivity contribution in [1.29, 1.82) is 0 Å². The van der Waals surface area contributed by atoms with Gasteiger partial charge in [-0.3, -0.25) is 4.79 Å². The van der Waals surface area contributed by atoms with Gasteiger partial charge in [-0.05, 0) is 43.5 Å². The van der Waals surface area contributed by atoms with Crippen molar-refractivity contribution in [3.63, 3.8) is 0 Å². The summed E-state index contributed by atoms with van der Waals surface area (Å²) in [6, 6.07) is 7.79. The molecule has 2 aliphatic rings. The van der Waals surface area contributed by atoms with Crippen LogP contribution in [0.25, 0.3) is 0 Å². The van der Waals surface area contributed by atoms with Crippen molar-refractivity contribution in [3.8, 4) is 12.3 Å². The highest BCUT2D eigenvalue weighted by Crippen LogP contribution is 2.39. The number of amides is 1. The second kappa shape index (κ2) is 10.4. The zero-order valence-corrected chi connectivity index (χ0v) is 16.9. The van der Waals surface area contributed by atoms with Gasteiger partial charge in [-0.15, -0.1) is 6.42 Å². The molecule has 0 radical (unpaired) electrons. The van der Waals surface area contributed by atoms with E-state index in [-0.39, 0.29) is 24.3 Å². The number of morpholine rings is 1. The molecule has 1 aromatic carbocycles. The van der Waals surface area contributed by atoms with Gasteiger partial charge in [0.25, 0.3) is 5.91 Å². The summed E-state index contributed by atoms with van der Waals surface area (Å²) in [7, 11) is 0. The molecule has 0 aromatic heterocycles. The lowest BCUT2D eigenvalue weighted by Crippen LogP contribution is -2.44. The number of ether oxygens (including phenoxy) is 3. The van der Waals surface area contributed by atoms with Crippen molar-refractivity contribution in [2.75, 3.05) is 39.5 Å². The largest absolute Gasteiger partial charge is 0.459 e. The van der Waals surface area contributed by atoms with Gasteiger partial charge in [0.15, 0.2) is 5.76 Å². The first-order chi connectivity index (χ1) is 14.2. The molecule has 1 aromatic rings. The van der Waals surface area contributed by atoms with Gasteiger partial charge in [0.2, 0.25) is 6.29 Å². The summed E-state index contributed by atoms with van der Waals surface area (Å²) < 4.78 is 17.3. The fraction of sp³-hybridized carbons (Fsp3) is 0.522. The van der Waals surface area contributed by atoms with E-state index in [1.165, 1.54) is 0 Å². The number of aliphatic hydroxyl groups excluding tert-OH is 1. The van der Waals surface area contributed by atoms with E-state index in [1.54, 1.807) is 4.90 Å². The Bertz CT molecular complexity index is 746. The van der Waals surface area contributed by atoms with Gasteiger partial charge < -0.3 is 24.2 Å². The monoisotopic (exact) mass is 399 g/mol. The van der Waals surface area contributed by atoms with E-state index in [0.717, 1.165) is 17.5 Å². The Balaban J connectivity index is 1.93. The van der Waals surface area contributed by atoms with Crippen molar-refractivity contribution in [2.24, 2.45) is 5.92 Å². The molecule has 1 amide bonds. The first-order valence-corrected chi connectivity index (χ1v) is 10.2. The van der Waals surface area contributed by atoms with Crippen molar-refractivity contribution in [1.82, 2.24) is 4.90 Å². The second-order valence-electron chi connectivity index (χ2n) is 7.20. The fourth-order valence-electron chi connectivity index (χ4n) is 3.86. The zero-order valence-electron chi connectivity index (χ0n) is 16.9. The number of carbonyl (C=O) groups excluding carboxylic acids is 1. The maximum absolute atomic E-state index is 13.1. The van der Waals surface area contributed by atoms with Crippen molar-refractivity contribution in [2.45, 2.75) is 32.0 Å². The first kappa shape index (κ1) is 21.4. The molecule has 6 heteroatoms. The Kier molecular flexibility index (Phi) is 7.70. The summed E-state index contributed by atoms with van der Waals surface area (Å²) in [6.07, 6.45) is 8.20. The fourth-order valence-corrected chi connectivity index (χ4v) is 3.86. The van der Waals surface area contributed by atoms with E-state index in [0.29, 0.717) is 45.1 Å². The van der Waals surface area contributed by atoms with Crippen LogP contribution in [-0.4, -0.2) is 61.7 Å².